The lowest BCUT2D eigenvalue weighted by Gasteiger charge is -2.31. The first-order chi connectivity index (χ1) is 9.90. The van der Waals surface area contributed by atoms with Crippen molar-refractivity contribution in [1.29, 1.82) is 0 Å². The highest BCUT2D eigenvalue weighted by Gasteiger charge is 2.34. The van der Waals surface area contributed by atoms with Crippen molar-refractivity contribution in [3.05, 3.63) is 32.7 Å². The first-order valence-electron chi connectivity index (χ1n) is 7.64. The fourth-order valence-corrected chi connectivity index (χ4v) is 4.79. The lowest BCUT2D eigenvalue weighted by molar-refractivity contribution is 0.0921. The molecule has 0 aromatic heterocycles. The van der Waals surface area contributed by atoms with Crippen LogP contribution in [0.2, 0.25) is 0 Å². The van der Waals surface area contributed by atoms with Gasteiger partial charge in [-0.05, 0) is 48.8 Å². The molecular formula is C17H23Br2NO. The molecule has 1 aliphatic carbocycles. The fourth-order valence-electron chi connectivity index (χ4n) is 3.50. The Morgan fingerprint density at radius 2 is 1.76 bits per heavy atom. The number of nitrogens with one attached hydrogen (secondary N) is 1. The first-order valence-corrected chi connectivity index (χ1v) is 9.23. The molecule has 0 atom stereocenters. The topological polar surface area (TPSA) is 29.1 Å². The van der Waals surface area contributed by atoms with E-state index in [4.69, 9.17) is 0 Å². The molecule has 0 aliphatic heterocycles. The van der Waals surface area contributed by atoms with E-state index in [1.807, 2.05) is 18.2 Å². The average Bonchev–Trinajstić information content (AvgIpc) is 2.83. The highest BCUT2D eigenvalue weighted by molar-refractivity contribution is 9.11. The van der Waals surface area contributed by atoms with Gasteiger partial charge in [-0.3, -0.25) is 4.79 Å². The van der Waals surface area contributed by atoms with Gasteiger partial charge in [0, 0.05) is 21.1 Å². The third-order valence-corrected chi connectivity index (χ3v) is 5.17. The molecule has 0 unspecified atom stereocenters. The molecule has 0 radical (unpaired) electrons. The fraction of sp³-hybridized carbons (Fsp3) is 0.588. The van der Waals surface area contributed by atoms with Gasteiger partial charge in [0.15, 0.2) is 0 Å². The summed E-state index contributed by atoms with van der Waals surface area (Å²) in [5.41, 5.74) is 1.02. The maximum atomic E-state index is 12.4. The van der Waals surface area contributed by atoms with E-state index in [9.17, 15) is 4.79 Å². The van der Waals surface area contributed by atoms with Gasteiger partial charge >= 0.3 is 0 Å². The van der Waals surface area contributed by atoms with E-state index in [0.29, 0.717) is 16.9 Å². The minimum atomic E-state index is 0.0204. The summed E-state index contributed by atoms with van der Waals surface area (Å²) < 4.78 is 1.83. The molecular weight excluding hydrogens is 394 g/mol. The lowest BCUT2D eigenvalue weighted by atomic mass is 9.78. The minimum absolute atomic E-state index is 0.0204. The van der Waals surface area contributed by atoms with Crippen molar-refractivity contribution in [2.24, 2.45) is 11.3 Å². The molecule has 1 fully saturated rings. The van der Waals surface area contributed by atoms with Crippen LogP contribution in [-0.2, 0) is 0 Å². The third kappa shape index (κ3) is 4.82. The van der Waals surface area contributed by atoms with Gasteiger partial charge in [-0.25, -0.2) is 0 Å². The Bertz CT molecular complexity index is 487. The Hall–Kier alpha value is -0.350. The van der Waals surface area contributed by atoms with E-state index >= 15 is 0 Å². The van der Waals surface area contributed by atoms with Crippen molar-refractivity contribution in [1.82, 2.24) is 5.32 Å². The number of benzene rings is 1. The zero-order valence-electron chi connectivity index (χ0n) is 12.7. The largest absolute Gasteiger partial charge is 0.351 e. The molecule has 1 aromatic rings. The summed E-state index contributed by atoms with van der Waals surface area (Å²) in [6, 6.07) is 5.67. The summed E-state index contributed by atoms with van der Waals surface area (Å²) in [6.45, 7) is 5.34. The number of rotatable bonds is 5. The van der Waals surface area contributed by atoms with E-state index in [0.717, 1.165) is 15.5 Å². The normalized spacial score (nSPS) is 17.2. The molecule has 1 aromatic carbocycles. The van der Waals surface area contributed by atoms with E-state index in [1.54, 1.807) is 0 Å². The van der Waals surface area contributed by atoms with Crippen LogP contribution in [-0.4, -0.2) is 12.5 Å². The zero-order valence-corrected chi connectivity index (χ0v) is 15.9. The van der Waals surface area contributed by atoms with Crippen LogP contribution in [0.25, 0.3) is 0 Å². The summed E-state index contributed by atoms with van der Waals surface area (Å²) >= 11 is 6.86. The average molecular weight is 417 g/mol. The molecule has 1 amide bonds. The summed E-state index contributed by atoms with van der Waals surface area (Å²) in [5.74, 6) is 0.701. The Morgan fingerprint density at radius 1 is 1.19 bits per heavy atom. The van der Waals surface area contributed by atoms with Crippen molar-refractivity contribution in [2.45, 2.75) is 46.0 Å². The molecule has 0 spiro atoms. The van der Waals surface area contributed by atoms with Crippen molar-refractivity contribution >= 4 is 37.8 Å². The number of amides is 1. The van der Waals surface area contributed by atoms with E-state index < -0.39 is 0 Å². The van der Waals surface area contributed by atoms with Crippen LogP contribution in [0.3, 0.4) is 0 Å². The van der Waals surface area contributed by atoms with Gasteiger partial charge in [0.05, 0.1) is 0 Å². The maximum absolute atomic E-state index is 12.4. The maximum Gasteiger partial charge on any atom is 0.251 e. The van der Waals surface area contributed by atoms with Gasteiger partial charge < -0.3 is 5.32 Å². The molecule has 2 rings (SSSR count). The molecule has 4 heteroatoms. The minimum Gasteiger partial charge on any atom is -0.351 e. The van der Waals surface area contributed by atoms with Gasteiger partial charge in [0.1, 0.15) is 0 Å². The van der Waals surface area contributed by atoms with Gasteiger partial charge in [-0.1, -0.05) is 58.5 Å². The molecule has 1 aliphatic rings. The summed E-state index contributed by atoms with van der Waals surface area (Å²) in [4.78, 5) is 12.4. The van der Waals surface area contributed by atoms with Crippen LogP contribution in [0.1, 0.15) is 56.3 Å². The number of hydrogen-bond donors (Lipinski definition) is 1. The van der Waals surface area contributed by atoms with E-state index in [-0.39, 0.29) is 5.91 Å². The number of halogens is 2. The molecule has 1 saturated carbocycles. The number of hydrogen-bond acceptors (Lipinski definition) is 1. The van der Waals surface area contributed by atoms with Crippen LogP contribution in [0.5, 0.6) is 0 Å². The molecule has 116 valence electrons. The summed E-state index contributed by atoms with van der Waals surface area (Å²) in [6.07, 6.45) is 6.28. The molecule has 0 saturated heterocycles. The monoisotopic (exact) mass is 415 g/mol. The molecule has 0 heterocycles. The second kappa shape index (κ2) is 7.28. The summed E-state index contributed by atoms with van der Waals surface area (Å²) in [5, 5.41) is 3.16. The molecule has 21 heavy (non-hydrogen) atoms. The van der Waals surface area contributed by atoms with Crippen LogP contribution in [0.4, 0.5) is 0 Å². The molecule has 1 N–H and O–H groups in total. The van der Waals surface area contributed by atoms with Crippen molar-refractivity contribution in [2.75, 3.05) is 6.54 Å². The Balaban J connectivity index is 2.01. The van der Waals surface area contributed by atoms with Gasteiger partial charge in [0.25, 0.3) is 5.91 Å². The second-order valence-electron chi connectivity index (χ2n) is 6.65. The predicted molar refractivity (Wildman–Crippen MR) is 94.5 cm³/mol. The van der Waals surface area contributed by atoms with Crippen LogP contribution < -0.4 is 5.32 Å². The highest BCUT2D eigenvalue weighted by atomic mass is 79.9. The lowest BCUT2D eigenvalue weighted by Crippen LogP contribution is -2.36. The standard InChI is InChI=1S/C17H23Br2NO/c1-12(2)10-17(5-3-4-6-17)11-20-16(21)13-7-14(18)9-15(19)8-13/h7-9,12H,3-6,10-11H2,1-2H3,(H,20,21). The van der Waals surface area contributed by atoms with Crippen molar-refractivity contribution in [3.63, 3.8) is 0 Å². The number of carbonyl (C=O) groups is 1. The third-order valence-electron chi connectivity index (χ3n) is 4.25. The van der Waals surface area contributed by atoms with Crippen LogP contribution in [0, 0.1) is 11.3 Å². The smallest absolute Gasteiger partial charge is 0.251 e. The van der Waals surface area contributed by atoms with Crippen molar-refractivity contribution < 1.29 is 4.79 Å². The van der Waals surface area contributed by atoms with Crippen LogP contribution >= 0.6 is 31.9 Å². The zero-order chi connectivity index (χ0) is 15.5. The molecule has 2 nitrogen and oxygen atoms in total. The van der Waals surface area contributed by atoms with Gasteiger partial charge in [-0.2, -0.15) is 0 Å². The predicted octanol–water partition coefficient (Wildman–Crippen LogP) is 5.55. The number of carbonyl (C=O) groups excluding carboxylic acids is 1. The Labute approximate surface area is 144 Å². The molecule has 0 bridgehead atoms. The Kier molecular flexibility index (Phi) is 5.89. The van der Waals surface area contributed by atoms with Gasteiger partial charge in [-0.15, -0.1) is 0 Å². The van der Waals surface area contributed by atoms with E-state index in [1.165, 1.54) is 32.1 Å². The quantitative estimate of drug-likeness (QED) is 0.669. The first kappa shape index (κ1) is 17.0. The SMILES string of the molecule is CC(C)CC1(CNC(=O)c2cc(Br)cc(Br)c2)CCCC1. The highest BCUT2D eigenvalue weighted by Crippen LogP contribution is 2.42. The summed E-state index contributed by atoms with van der Waals surface area (Å²) in [7, 11) is 0. The van der Waals surface area contributed by atoms with Gasteiger partial charge in [0.2, 0.25) is 0 Å². The van der Waals surface area contributed by atoms with Crippen molar-refractivity contribution in [3.8, 4) is 0 Å². The second-order valence-corrected chi connectivity index (χ2v) is 8.48. The van der Waals surface area contributed by atoms with E-state index in [2.05, 4.69) is 51.0 Å². The van der Waals surface area contributed by atoms with Crippen LogP contribution in [0.15, 0.2) is 27.1 Å². The Morgan fingerprint density at radius 3 is 2.29 bits per heavy atom.